The summed E-state index contributed by atoms with van der Waals surface area (Å²) < 4.78 is 5.50. The van der Waals surface area contributed by atoms with E-state index in [0.717, 1.165) is 5.56 Å². The number of nitro groups is 1. The van der Waals surface area contributed by atoms with Crippen LogP contribution in [0, 0.1) is 10.1 Å². The molecule has 0 aliphatic rings. The normalized spacial score (nSPS) is 10.2. The van der Waals surface area contributed by atoms with E-state index in [1.165, 1.54) is 18.2 Å². The topological polar surface area (TPSA) is 78.4 Å². The number of hydrogen-bond acceptors (Lipinski definition) is 4. The number of halogens is 1. The summed E-state index contributed by atoms with van der Waals surface area (Å²) in [6, 6.07) is 11.5. The highest BCUT2D eigenvalue weighted by atomic mass is 35.5. The second-order valence-corrected chi connectivity index (χ2v) is 4.31. The van der Waals surface area contributed by atoms with Gasteiger partial charge in [0.25, 0.3) is 5.69 Å². The van der Waals surface area contributed by atoms with Gasteiger partial charge in [0.15, 0.2) is 0 Å². The summed E-state index contributed by atoms with van der Waals surface area (Å²) in [4.78, 5) is 10.1. The minimum Gasteiger partial charge on any atom is -0.489 e. The van der Waals surface area contributed by atoms with Gasteiger partial charge in [-0.05, 0) is 23.8 Å². The van der Waals surface area contributed by atoms with Crippen LogP contribution in [0.1, 0.15) is 5.56 Å². The predicted octanol–water partition coefficient (Wildman–Crippen LogP) is 3.41. The van der Waals surface area contributed by atoms with Crippen molar-refractivity contribution in [3.63, 3.8) is 0 Å². The van der Waals surface area contributed by atoms with Gasteiger partial charge < -0.3 is 10.5 Å². The van der Waals surface area contributed by atoms with Crippen molar-refractivity contribution >= 4 is 23.0 Å². The minimum absolute atomic E-state index is 0.0510. The molecular weight excluding hydrogens is 268 g/mol. The standard InChI is InChI=1S/C13H11ClN2O3/c14-12-7-11(4-5-13(12)16(17)18)19-8-9-2-1-3-10(15)6-9/h1-7H,8,15H2. The van der Waals surface area contributed by atoms with Crippen molar-refractivity contribution in [1.82, 2.24) is 0 Å². The van der Waals surface area contributed by atoms with Gasteiger partial charge >= 0.3 is 0 Å². The molecule has 0 radical (unpaired) electrons. The Hall–Kier alpha value is -2.27. The van der Waals surface area contributed by atoms with E-state index in [4.69, 9.17) is 22.1 Å². The van der Waals surface area contributed by atoms with Gasteiger partial charge in [0.1, 0.15) is 17.4 Å². The lowest BCUT2D eigenvalue weighted by Crippen LogP contribution is -1.97. The molecule has 0 atom stereocenters. The Labute approximate surface area is 114 Å². The fourth-order valence-corrected chi connectivity index (χ4v) is 1.81. The van der Waals surface area contributed by atoms with Crippen LogP contribution in [-0.4, -0.2) is 4.92 Å². The summed E-state index contributed by atoms with van der Waals surface area (Å²) in [7, 11) is 0. The lowest BCUT2D eigenvalue weighted by atomic mass is 10.2. The summed E-state index contributed by atoms with van der Waals surface area (Å²) in [5, 5.41) is 10.7. The molecule has 0 bridgehead atoms. The average molecular weight is 279 g/mol. The Morgan fingerprint density at radius 2 is 2.05 bits per heavy atom. The van der Waals surface area contributed by atoms with Gasteiger partial charge in [-0.25, -0.2) is 0 Å². The number of rotatable bonds is 4. The molecule has 0 heterocycles. The zero-order valence-corrected chi connectivity index (χ0v) is 10.6. The van der Waals surface area contributed by atoms with Gasteiger partial charge in [-0.1, -0.05) is 23.7 Å². The molecule has 98 valence electrons. The van der Waals surface area contributed by atoms with E-state index in [2.05, 4.69) is 0 Å². The molecule has 19 heavy (non-hydrogen) atoms. The van der Waals surface area contributed by atoms with Crippen molar-refractivity contribution in [2.75, 3.05) is 5.73 Å². The first kappa shape index (κ1) is 13.2. The molecule has 0 saturated carbocycles. The lowest BCUT2D eigenvalue weighted by Gasteiger charge is -2.07. The van der Waals surface area contributed by atoms with Crippen LogP contribution in [0.25, 0.3) is 0 Å². The van der Waals surface area contributed by atoms with E-state index in [1.807, 2.05) is 12.1 Å². The van der Waals surface area contributed by atoms with Crippen LogP contribution in [0.3, 0.4) is 0 Å². The number of nitrogen functional groups attached to an aromatic ring is 1. The van der Waals surface area contributed by atoms with Crippen LogP contribution in [0.5, 0.6) is 5.75 Å². The molecule has 0 spiro atoms. The molecule has 2 rings (SSSR count). The zero-order valence-electron chi connectivity index (χ0n) is 9.88. The average Bonchev–Trinajstić information content (AvgIpc) is 2.36. The Morgan fingerprint density at radius 1 is 1.26 bits per heavy atom. The van der Waals surface area contributed by atoms with Crippen molar-refractivity contribution in [1.29, 1.82) is 0 Å². The van der Waals surface area contributed by atoms with Crippen LogP contribution < -0.4 is 10.5 Å². The van der Waals surface area contributed by atoms with E-state index < -0.39 is 4.92 Å². The highest BCUT2D eigenvalue weighted by Crippen LogP contribution is 2.28. The van der Waals surface area contributed by atoms with Gasteiger partial charge in [0.2, 0.25) is 0 Å². The number of benzene rings is 2. The van der Waals surface area contributed by atoms with Crippen molar-refractivity contribution in [2.24, 2.45) is 0 Å². The van der Waals surface area contributed by atoms with Crippen molar-refractivity contribution in [3.05, 3.63) is 63.2 Å². The number of nitrogens with two attached hydrogens (primary N) is 1. The molecule has 0 aromatic heterocycles. The molecule has 0 fully saturated rings. The SMILES string of the molecule is Nc1cccc(COc2ccc([N+](=O)[O-])c(Cl)c2)c1. The van der Waals surface area contributed by atoms with E-state index in [0.29, 0.717) is 18.0 Å². The Morgan fingerprint density at radius 3 is 2.68 bits per heavy atom. The molecule has 2 aromatic carbocycles. The van der Waals surface area contributed by atoms with Crippen LogP contribution in [-0.2, 0) is 6.61 Å². The van der Waals surface area contributed by atoms with Gasteiger partial charge in [-0.15, -0.1) is 0 Å². The monoisotopic (exact) mass is 278 g/mol. The molecule has 5 nitrogen and oxygen atoms in total. The van der Waals surface area contributed by atoms with Crippen LogP contribution in [0.4, 0.5) is 11.4 Å². The molecule has 2 N–H and O–H groups in total. The quantitative estimate of drug-likeness (QED) is 0.528. The lowest BCUT2D eigenvalue weighted by molar-refractivity contribution is -0.384. The van der Waals surface area contributed by atoms with E-state index >= 15 is 0 Å². The Kier molecular flexibility index (Phi) is 3.87. The summed E-state index contributed by atoms with van der Waals surface area (Å²) in [5.74, 6) is 0.470. The largest absolute Gasteiger partial charge is 0.489 e. The fourth-order valence-electron chi connectivity index (χ4n) is 1.58. The summed E-state index contributed by atoms with van der Waals surface area (Å²) in [6.07, 6.45) is 0. The maximum atomic E-state index is 10.6. The smallest absolute Gasteiger partial charge is 0.288 e. The van der Waals surface area contributed by atoms with E-state index in [1.54, 1.807) is 12.1 Å². The van der Waals surface area contributed by atoms with Gasteiger partial charge in [-0.3, -0.25) is 10.1 Å². The summed E-state index contributed by atoms with van der Waals surface area (Å²) >= 11 is 5.79. The number of nitrogens with zero attached hydrogens (tertiary/aromatic N) is 1. The molecule has 0 aliphatic carbocycles. The van der Waals surface area contributed by atoms with Crippen LogP contribution >= 0.6 is 11.6 Å². The Bertz CT molecular complexity index is 617. The van der Waals surface area contributed by atoms with Crippen molar-refractivity contribution in [3.8, 4) is 5.75 Å². The summed E-state index contributed by atoms with van der Waals surface area (Å²) in [6.45, 7) is 0.319. The third-order valence-electron chi connectivity index (χ3n) is 2.47. The first-order valence-corrected chi connectivity index (χ1v) is 5.85. The fraction of sp³-hybridized carbons (Fsp3) is 0.0769. The first-order valence-electron chi connectivity index (χ1n) is 5.47. The van der Waals surface area contributed by atoms with Crippen molar-refractivity contribution in [2.45, 2.75) is 6.61 Å². The van der Waals surface area contributed by atoms with Crippen LogP contribution in [0.2, 0.25) is 5.02 Å². The second-order valence-electron chi connectivity index (χ2n) is 3.90. The molecule has 2 aromatic rings. The summed E-state index contributed by atoms with van der Waals surface area (Å²) in [5.41, 5.74) is 7.08. The maximum absolute atomic E-state index is 10.6. The van der Waals surface area contributed by atoms with E-state index in [9.17, 15) is 10.1 Å². The Balaban J connectivity index is 2.08. The number of nitro benzene ring substituents is 1. The molecule has 0 unspecified atom stereocenters. The van der Waals surface area contributed by atoms with Crippen molar-refractivity contribution < 1.29 is 9.66 Å². The number of ether oxygens (including phenoxy) is 1. The molecule has 0 aliphatic heterocycles. The number of hydrogen-bond donors (Lipinski definition) is 1. The van der Waals surface area contributed by atoms with Gasteiger partial charge in [0, 0.05) is 17.8 Å². The second kappa shape index (κ2) is 5.58. The van der Waals surface area contributed by atoms with E-state index in [-0.39, 0.29) is 10.7 Å². The highest BCUT2D eigenvalue weighted by molar-refractivity contribution is 6.32. The molecule has 0 amide bonds. The number of anilines is 1. The first-order chi connectivity index (χ1) is 9.06. The highest BCUT2D eigenvalue weighted by Gasteiger charge is 2.12. The van der Waals surface area contributed by atoms with Gasteiger partial charge in [-0.2, -0.15) is 0 Å². The van der Waals surface area contributed by atoms with Gasteiger partial charge in [0.05, 0.1) is 4.92 Å². The molecule has 6 heteroatoms. The predicted molar refractivity (Wildman–Crippen MR) is 73.3 cm³/mol. The molecule has 0 saturated heterocycles. The third kappa shape index (κ3) is 3.35. The van der Waals surface area contributed by atoms with Crippen LogP contribution in [0.15, 0.2) is 42.5 Å². The maximum Gasteiger partial charge on any atom is 0.288 e. The minimum atomic E-state index is -0.538. The molecular formula is C13H11ClN2O3. The third-order valence-corrected chi connectivity index (χ3v) is 2.78. The zero-order chi connectivity index (χ0) is 13.8.